The molecule has 0 aromatic carbocycles. The average Bonchev–Trinajstić information content (AvgIpc) is 2.79. The van der Waals surface area contributed by atoms with E-state index in [-0.39, 0.29) is 24.9 Å². The van der Waals surface area contributed by atoms with E-state index in [0.29, 0.717) is 0 Å². The second-order valence-electron chi connectivity index (χ2n) is 3.44. The van der Waals surface area contributed by atoms with Crippen molar-refractivity contribution in [2.24, 2.45) is 0 Å². The van der Waals surface area contributed by atoms with Crippen LogP contribution in [0.4, 0.5) is 5.88 Å². The van der Waals surface area contributed by atoms with Crippen LogP contribution >= 0.6 is 0 Å². The Bertz CT molecular complexity index is 422. The van der Waals surface area contributed by atoms with Gasteiger partial charge < -0.3 is 19.1 Å². The number of esters is 2. The Morgan fingerprint density at radius 3 is 2.21 bits per heavy atom. The van der Waals surface area contributed by atoms with E-state index in [1.165, 1.54) is 6.07 Å². The maximum Gasteiger partial charge on any atom is 0.328 e. The normalized spacial score (nSPS) is 12.3. The van der Waals surface area contributed by atoms with Crippen molar-refractivity contribution in [1.29, 1.82) is 0 Å². The second-order valence-corrected chi connectivity index (χ2v) is 3.44. The molecule has 1 aromatic rings. The summed E-state index contributed by atoms with van der Waals surface area (Å²) < 4.78 is 14.4. The molecule has 1 unspecified atom stereocenters. The third kappa shape index (κ3) is 3.78. The summed E-state index contributed by atoms with van der Waals surface area (Å²) in [5.74, 6) is -3.57. The highest BCUT2D eigenvalue weighted by Gasteiger charge is 2.35. The lowest BCUT2D eigenvalue weighted by atomic mass is 10.1. The molecule has 1 atom stereocenters. The van der Waals surface area contributed by atoms with E-state index in [9.17, 15) is 14.8 Å². The van der Waals surface area contributed by atoms with Gasteiger partial charge in [-0.25, -0.2) is 5.21 Å². The van der Waals surface area contributed by atoms with Gasteiger partial charge in [-0.15, -0.1) is 0 Å². The van der Waals surface area contributed by atoms with Crippen LogP contribution < -0.4 is 5.23 Å². The molecule has 0 amide bonds. The Kier molecular flexibility index (Phi) is 5.49. The minimum atomic E-state index is -1.41. The summed E-state index contributed by atoms with van der Waals surface area (Å²) in [6, 6.07) is 2.39. The number of carbonyl (C=O) groups excluding carboxylic acids is 2. The summed E-state index contributed by atoms with van der Waals surface area (Å²) in [6.07, 6.45) is 0. The molecule has 1 rings (SSSR count). The molecule has 0 saturated carbocycles. The van der Waals surface area contributed by atoms with Crippen LogP contribution in [0.3, 0.4) is 0 Å². The van der Waals surface area contributed by atoms with Gasteiger partial charge in [0.1, 0.15) is 5.76 Å². The zero-order chi connectivity index (χ0) is 14.4. The average molecular weight is 273 g/mol. The lowest BCUT2D eigenvalue weighted by Gasteiger charge is -2.12. The Balaban J connectivity index is 3.00. The van der Waals surface area contributed by atoms with Gasteiger partial charge in [-0.2, -0.15) is 5.23 Å². The molecular weight excluding hydrogens is 258 g/mol. The second kappa shape index (κ2) is 6.88. The van der Waals surface area contributed by atoms with Crippen molar-refractivity contribution in [2.45, 2.75) is 19.8 Å². The monoisotopic (exact) mass is 273 g/mol. The Hall–Kier alpha value is -1.90. The van der Waals surface area contributed by atoms with Crippen LogP contribution in [0.15, 0.2) is 16.5 Å². The standard InChI is InChI=1S/C11H15NO7/c1-3-17-10(13)9(11(14)18-4-2)7-5-6-8(19-7)12(15)16/h5-6,9,12,15H,3-4H2,1-2H3. The Morgan fingerprint density at radius 2 is 1.84 bits per heavy atom. The first kappa shape index (κ1) is 15.2. The van der Waals surface area contributed by atoms with Gasteiger partial charge in [0.25, 0.3) is 0 Å². The van der Waals surface area contributed by atoms with Gasteiger partial charge in [-0.05, 0) is 19.9 Å². The molecule has 0 radical (unpaired) electrons. The zero-order valence-corrected chi connectivity index (χ0v) is 10.5. The first-order valence-corrected chi connectivity index (χ1v) is 5.67. The highest BCUT2D eigenvalue weighted by molar-refractivity contribution is 6.00. The molecule has 0 aliphatic heterocycles. The summed E-state index contributed by atoms with van der Waals surface area (Å²) in [5, 5.41) is 18.1. The molecule has 1 heterocycles. The van der Waals surface area contributed by atoms with Crippen LogP contribution in [0.2, 0.25) is 0 Å². The van der Waals surface area contributed by atoms with Gasteiger partial charge in [0.2, 0.25) is 5.92 Å². The van der Waals surface area contributed by atoms with Gasteiger partial charge in [0, 0.05) is 6.07 Å². The summed E-state index contributed by atoms with van der Waals surface area (Å²) in [7, 11) is 0. The molecule has 106 valence electrons. The van der Waals surface area contributed by atoms with E-state index in [2.05, 4.69) is 0 Å². The van der Waals surface area contributed by atoms with E-state index in [1.54, 1.807) is 13.8 Å². The summed E-state index contributed by atoms with van der Waals surface area (Å²) in [4.78, 5) is 23.4. The molecule has 1 aromatic heterocycles. The highest BCUT2D eigenvalue weighted by Crippen LogP contribution is 2.23. The molecule has 0 aliphatic carbocycles. The number of rotatable bonds is 6. The topological polar surface area (TPSA) is 113 Å². The van der Waals surface area contributed by atoms with Crippen LogP contribution in [0.5, 0.6) is 0 Å². The fourth-order valence-electron chi connectivity index (χ4n) is 1.40. The smallest absolute Gasteiger partial charge is 0.328 e. The largest absolute Gasteiger partial charge is 0.592 e. The van der Waals surface area contributed by atoms with Crippen molar-refractivity contribution in [3.05, 3.63) is 23.1 Å². The third-order valence-electron chi connectivity index (χ3n) is 2.17. The molecule has 8 heteroatoms. The van der Waals surface area contributed by atoms with Crippen LogP contribution in [0.25, 0.3) is 0 Å². The van der Waals surface area contributed by atoms with Crippen LogP contribution in [-0.2, 0) is 19.1 Å². The number of carbonyl (C=O) groups is 2. The van der Waals surface area contributed by atoms with Crippen LogP contribution in [0, 0.1) is 5.21 Å². The van der Waals surface area contributed by atoms with Crippen LogP contribution in [-0.4, -0.2) is 30.4 Å². The minimum Gasteiger partial charge on any atom is -0.592 e. The zero-order valence-electron chi connectivity index (χ0n) is 10.5. The number of furan rings is 1. The summed E-state index contributed by atoms with van der Waals surface area (Å²) >= 11 is 0. The van der Waals surface area contributed by atoms with Gasteiger partial charge in [-0.3, -0.25) is 9.59 Å². The van der Waals surface area contributed by atoms with E-state index < -0.39 is 23.1 Å². The molecule has 0 fully saturated rings. The number of hydrogen-bond donors (Lipinski definition) is 2. The van der Waals surface area contributed by atoms with Crippen molar-refractivity contribution in [1.82, 2.24) is 0 Å². The molecular formula is C11H15NO7. The Labute approximate surface area is 109 Å². The van der Waals surface area contributed by atoms with Crippen molar-refractivity contribution in [3.63, 3.8) is 0 Å². The summed E-state index contributed by atoms with van der Waals surface area (Å²) in [5.41, 5.74) is 0. The molecule has 0 bridgehead atoms. The first-order valence-electron chi connectivity index (χ1n) is 5.67. The van der Waals surface area contributed by atoms with Crippen molar-refractivity contribution >= 4 is 17.8 Å². The third-order valence-corrected chi connectivity index (χ3v) is 2.17. The predicted molar refractivity (Wildman–Crippen MR) is 60.5 cm³/mol. The lowest BCUT2D eigenvalue weighted by molar-refractivity contribution is -0.997. The molecule has 0 aliphatic rings. The molecule has 2 N–H and O–H groups in total. The van der Waals surface area contributed by atoms with Crippen molar-refractivity contribution in [2.75, 3.05) is 13.2 Å². The number of quaternary nitrogens is 1. The molecule has 19 heavy (non-hydrogen) atoms. The summed E-state index contributed by atoms with van der Waals surface area (Å²) in [6.45, 7) is 3.35. The van der Waals surface area contributed by atoms with Crippen molar-refractivity contribution in [3.8, 4) is 0 Å². The number of nitrogens with one attached hydrogen (secondary N) is 1. The number of hydrogen-bond acceptors (Lipinski definition) is 7. The van der Waals surface area contributed by atoms with Crippen molar-refractivity contribution < 1.29 is 33.9 Å². The van der Waals surface area contributed by atoms with E-state index >= 15 is 0 Å². The maximum absolute atomic E-state index is 11.7. The molecule has 0 spiro atoms. The van der Waals surface area contributed by atoms with Gasteiger partial charge >= 0.3 is 17.8 Å². The minimum absolute atomic E-state index is 0.0846. The number of ether oxygens (including phenoxy) is 2. The lowest BCUT2D eigenvalue weighted by Crippen LogP contribution is -2.99. The van der Waals surface area contributed by atoms with Gasteiger partial charge in [0.05, 0.1) is 13.2 Å². The molecule has 8 nitrogen and oxygen atoms in total. The SMILES string of the molecule is CCOC(=O)C(C(=O)OCC)c1ccc([NH+]([O-])O)o1. The quantitative estimate of drug-likeness (QED) is 0.422. The highest BCUT2D eigenvalue weighted by atomic mass is 16.8. The Morgan fingerprint density at radius 1 is 1.32 bits per heavy atom. The first-order chi connectivity index (χ1) is 9.01. The van der Waals surface area contributed by atoms with E-state index in [1.807, 2.05) is 0 Å². The predicted octanol–water partition coefficient (Wildman–Crippen LogP) is -0.107. The van der Waals surface area contributed by atoms with Crippen LogP contribution in [0.1, 0.15) is 25.5 Å². The van der Waals surface area contributed by atoms with E-state index in [4.69, 9.17) is 19.1 Å². The fraction of sp³-hybridized carbons (Fsp3) is 0.455. The van der Waals surface area contributed by atoms with Gasteiger partial charge in [0.15, 0.2) is 0 Å². The van der Waals surface area contributed by atoms with Gasteiger partial charge in [-0.1, -0.05) is 0 Å². The maximum atomic E-state index is 11.7. The fourth-order valence-corrected chi connectivity index (χ4v) is 1.40. The van der Waals surface area contributed by atoms with E-state index in [0.717, 1.165) is 6.07 Å². The molecule has 0 saturated heterocycles.